The van der Waals surface area contributed by atoms with Gasteiger partial charge >= 0.3 is 0 Å². The monoisotopic (exact) mass is 431 g/mol. The fourth-order valence-corrected chi connectivity index (χ4v) is 5.58. The number of para-hydroxylation sites is 1. The highest BCUT2D eigenvalue weighted by atomic mass is 32.1. The van der Waals surface area contributed by atoms with E-state index in [2.05, 4.69) is 29.2 Å². The van der Waals surface area contributed by atoms with Crippen molar-refractivity contribution in [2.45, 2.75) is 20.0 Å². The molecule has 3 heterocycles. The van der Waals surface area contributed by atoms with Gasteiger partial charge in [-0.05, 0) is 24.6 Å². The maximum atomic E-state index is 13.2. The number of nitrogens with zero attached hydrogens (tertiary/aromatic N) is 3. The number of piperazine rings is 1. The van der Waals surface area contributed by atoms with Crippen LogP contribution in [0.3, 0.4) is 0 Å². The number of hydrogen-bond acceptors (Lipinski definition) is 4. The summed E-state index contributed by atoms with van der Waals surface area (Å²) in [5.41, 5.74) is 2.21. The molecule has 0 unspecified atom stereocenters. The maximum absolute atomic E-state index is 13.2. The molecule has 0 radical (unpaired) electrons. The number of thiophene rings is 1. The summed E-state index contributed by atoms with van der Waals surface area (Å²) in [5, 5.41) is 1.69. The summed E-state index contributed by atoms with van der Waals surface area (Å²) in [6.07, 6.45) is 0. The molecule has 5 rings (SSSR count). The van der Waals surface area contributed by atoms with E-state index in [1.54, 1.807) is 10.6 Å². The van der Waals surface area contributed by atoms with Crippen LogP contribution in [0.2, 0.25) is 0 Å². The second-order valence-electron chi connectivity index (χ2n) is 7.97. The van der Waals surface area contributed by atoms with Crippen molar-refractivity contribution in [1.29, 1.82) is 0 Å². The molecule has 4 aromatic rings. The van der Waals surface area contributed by atoms with E-state index >= 15 is 0 Å². The Balaban J connectivity index is 1.39. The van der Waals surface area contributed by atoms with Gasteiger partial charge in [0.25, 0.3) is 11.5 Å². The van der Waals surface area contributed by atoms with Crippen molar-refractivity contribution in [3.63, 3.8) is 0 Å². The molecule has 1 amide bonds. The van der Waals surface area contributed by atoms with E-state index in [1.165, 1.54) is 16.9 Å². The normalized spacial score (nSPS) is 15.1. The third-order valence-corrected chi connectivity index (χ3v) is 7.24. The summed E-state index contributed by atoms with van der Waals surface area (Å²) < 4.78 is 2.71. The lowest BCUT2D eigenvalue weighted by molar-refractivity contribution is 0.0633. The largest absolute Gasteiger partial charge is 0.335 e. The first-order valence-electron chi connectivity index (χ1n) is 10.8. The molecule has 1 aliphatic rings. The average Bonchev–Trinajstić information content (AvgIpc) is 3.26. The predicted molar refractivity (Wildman–Crippen MR) is 127 cm³/mol. The number of aromatic nitrogens is 1. The molecule has 0 saturated carbocycles. The number of carbonyl (C=O) groups excluding carboxylic acids is 1. The van der Waals surface area contributed by atoms with Crippen LogP contribution >= 0.6 is 11.3 Å². The van der Waals surface area contributed by atoms with Gasteiger partial charge in [0, 0.05) is 49.4 Å². The van der Waals surface area contributed by atoms with E-state index < -0.39 is 0 Å². The van der Waals surface area contributed by atoms with Crippen LogP contribution in [0.15, 0.2) is 65.5 Å². The Labute approximate surface area is 185 Å². The number of hydrogen-bond donors (Lipinski definition) is 0. The lowest BCUT2D eigenvalue weighted by atomic mass is 10.1. The van der Waals surface area contributed by atoms with Crippen molar-refractivity contribution < 1.29 is 4.79 Å². The highest BCUT2D eigenvalue weighted by Gasteiger charge is 2.24. The van der Waals surface area contributed by atoms with Gasteiger partial charge in [-0.1, -0.05) is 48.5 Å². The second-order valence-corrected chi connectivity index (χ2v) is 9.03. The van der Waals surface area contributed by atoms with Crippen LogP contribution in [-0.2, 0) is 13.1 Å². The van der Waals surface area contributed by atoms with Crippen molar-refractivity contribution in [1.82, 2.24) is 14.4 Å². The molecule has 1 aliphatic heterocycles. The fraction of sp³-hybridized carbons (Fsp3) is 0.280. The van der Waals surface area contributed by atoms with Crippen LogP contribution in [0.4, 0.5) is 0 Å². The zero-order chi connectivity index (χ0) is 21.4. The zero-order valence-corrected chi connectivity index (χ0v) is 18.4. The summed E-state index contributed by atoms with van der Waals surface area (Å²) in [4.78, 5) is 31.3. The molecule has 0 bridgehead atoms. The van der Waals surface area contributed by atoms with Crippen LogP contribution in [-0.4, -0.2) is 46.5 Å². The SMILES string of the molecule is CCn1c(=O)c2cc(C(=O)N3CCN(Cc4ccccc4)CC3)sc2c2ccccc21. The summed E-state index contributed by atoms with van der Waals surface area (Å²) >= 11 is 1.45. The van der Waals surface area contributed by atoms with E-state index in [4.69, 9.17) is 0 Å². The Morgan fingerprint density at radius 3 is 2.39 bits per heavy atom. The Hall–Kier alpha value is -2.96. The minimum Gasteiger partial charge on any atom is -0.335 e. The van der Waals surface area contributed by atoms with Crippen LogP contribution in [0, 0.1) is 0 Å². The number of aryl methyl sites for hydroxylation is 1. The summed E-state index contributed by atoms with van der Waals surface area (Å²) in [5.74, 6) is 0.0343. The van der Waals surface area contributed by atoms with E-state index in [9.17, 15) is 9.59 Å². The topological polar surface area (TPSA) is 45.6 Å². The van der Waals surface area contributed by atoms with Gasteiger partial charge in [-0.3, -0.25) is 14.5 Å². The van der Waals surface area contributed by atoms with Crippen molar-refractivity contribution >= 4 is 38.2 Å². The fourth-order valence-electron chi connectivity index (χ4n) is 4.43. The van der Waals surface area contributed by atoms with Crippen LogP contribution in [0.5, 0.6) is 0 Å². The van der Waals surface area contributed by atoms with E-state index in [1.807, 2.05) is 42.2 Å². The minimum atomic E-state index is -0.0146. The molecule has 5 nitrogen and oxygen atoms in total. The molecule has 158 valence electrons. The first-order chi connectivity index (χ1) is 15.2. The van der Waals surface area contributed by atoms with E-state index in [0.29, 0.717) is 29.9 Å². The molecule has 31 heavy (non-hydrogen) atoms. The molecular weight excluding hydrogens is 406 g/mol. The van der Waals surface area contributed by atoms with E-state index in [0.717, 1.165) is 35.2 Å². The Morgan fingerprint density at radius 2 is 1.65 bits per heavy atom. The van der Waals surface area contributed by atoms with Gasteiger partial charge in [0.15, 0.2) is 0 Å². The molecule has 2 aromatic carbocycles. The van der Waals surface area contributed by atoms with Gasteiger partial charge in [-0.15, -0.1) is 11.3 Å². The van der Waals surface area contributed by atoms with Gasteiger partial charge < -0.3 is 9.47 Å². The second kappa shape index (κ2) is 8.29. The van der Waals surface area contributed by atoms with Gasteiger partial charge in [0.05, 0.1) is 15.8 Å². The minimum absolute atomic E-state index is 0.0146. The third kappa shape index (κ3) is 3.66. The van der Waals surface area contributed by atoms with Gasteiger partial charge in [0.1, 0.15) is 0 Å². The van der Waals surface area contributed by atoms with Gasteiger partial charge in [0.2, 0.25) is 0 Å². The summed E-state index contributed by atoms with van der Waals surface area (Å²) in [7, 11) is 0. The smallest absolute Gasteiger partial charge is 0.264 e. The molecule has 2 aromatic heterocycles. The van der Waals surface area contributed by atoms with Crippen molar-refractivity contribution in [2.75, 3.05) is 26.2 Å². The average molecular weight is 432 g/mol. The standard InChI is InChI=1S/C25H25N3O2S/c1-2-28-21-11-7-6-10-19(21)23-20(24(28)29)16-22(31-23)25(30)27-14-12-26(13-15-27)17-18-8-4-3-5-9-18/h3-11,16H,2,12-15,17H2,1H3. The van der Waals surface area contributed by atoms with Crippen molar-refractivity contribution in [3.8, 4) is 0 Å². The molecule has 0 N–H and O–H groups in total. The molecule has 0 atom stereocenters. The summed E-state index contributed by atoms with van der Waals surface area (Å²) in [6.45, 7) is 6.63. The number of pyridine rings is 1. The number of carbonyl (C=O) groups is 1. The lowest BCUT2D eigenvalue weighted by Crippen LogP contribution is -2.48. The zero-order valence-electron chi connectivity index (χ0n) is 17.6. The third-order valence-electron chi connectivity index (χ3n) is 6.08. The molecular formula is C25H25N3O2S. The summed E-state index contributed by atoms with van der Waals surface area (Å²) in [6, 6.07) is 20.2. The van der Waals surface area contributed by atoms with E-state index in [-0.39, 0.29) is 11.5 Å². The van der Waals surface area contributed by atoms with Crippen LogP contribution < -0.4 is 5.56 Å². The van der Waals surface area contributed by atoms with Crippen LogP contribution in [0.25, 0.3) is 21.0 Å². The van der Waals surface area contributed by atoms with Crippen molar-refractivity contribution in [2.24, 2.45) is 0 Å². The lowest BCUT2D eigenvalue weighted by Gasteiger charge is -2.34. The molecule has 0 aliphatic carbocycles. The number of fused-ring (bicyclic) bond motifs is 3. The Kier molecular flexibility index (Phi) is 5.34. The maximum Gasteiger partial charge on any atom is 0.264 e. The van der Waals surface area contributed by atoms with Gasteiger partial charge in [-0.25, -0.2) is 0 Å². The van der Waals surface area contributed by atoms with Gasteiger partial charge in [-0.2, -0.15) is 0 Å². The highest BCUT2D eigenvalue weighted by Crippen LogP contribution is 2.31. The first-order valence-corrected chi connectivity index (χ1v) is 11.6. The molecule has 6 heteroatoms. The number of benzene rings is 2. The molecule has 1 fully saturated rings. The quantitative estimate of drug-likeness (QED) is 0.487. The number of amides is 1. The van der Waals surface area contributed by atoms with Crippen LogP contribution in [0.1, 0.15) is 22.2 Å². The van der Waals surface area contributed by atoms with Crippen molar-refractivity contribution in [3.05, 3.63) is 81.5 Å². The first kappa shape index (κ1) is 20.0. The molecule has 0 spiro atoms. The number of rotatable bonds is 4. The molecule has 1 saturated heterocycles. The Morgan fingerprint density at radius 1 is 0.935 bits per heavy atom. The highest BCUT2D eigenvalue weighted by molar-refractivity contribution is 7.21. The Bertz CT molecular complexity index is 1300. The predicted octanol–water partition coefficient (Wildman–Crippen LogP) is 4.19.